The Hall–Kier alpha value is -3.08. The normalized spacial score (nSPS) is 21.5. The number of carbonyl (C=O) groups is 2. The standard InChI is InChI=1S/C24H25N3O2/c1-14-7-9-17(10-8-14)22-21(24(29)27-20-13-15(2)11-12-25-20)16(3)26-18-5-4-6-19(28)23(18)22/h7-13,22-23H,4-6H2,1-3H3,(H,25,27,29)/t22-,23?/m0/s1. The Labute approximate surface area is 171 Å². The molecule has 1 fully saturated rings. The van der Waals surface area contributed by atoms with Crippen LogP contribution in [0.1, 0.15) is 48.8 Å². The number of ketones is 1. The lowest BCUT2D eigenvalue weighted by atomic mass is 9.69. The van der Waals surface area contributed by atoms with Gasteiger partial charge in [-0.3, -0.25) is 14.6 Å². The Morgan fingerprint density at radius 3 is 2.48 bits per heavy atom. The summed E-state index contributed by atoms with van der Waals surface area (Å²) >= 11 is 0. The summed E-state index contributed by atoms with van der Waals surface area (Å²) in [5, 5.41) is 2.92. The lowest BCUT2D eigenvalue weighted by Gasteiger charge is -2.36. The minimum atomic E-state index is -0.360. The zero-order valence-corrected chi connectivity index (χ0v) is 17.0. The van der Waals surface area contributed by atoms with Gasteiger partial charge in [-0.15, -0.1) is 0 Å². The zero-order chi connectivity index (χ0) is 20.5. The SMILES string of the molecule is CC1=C(C(=O)Nc2cc(C)ccn2)[C@H](c2ccc(C)cc2)C2C(=O)CCCC2=N1. The number of pyridine rings is 1. The maximum atomic E-state index is 13.3. The first-order valence-corrected chi connectivity index (χ1v) is 10.1. The molecule has 0 spiro atoms. The van der Waals surface area contributed by atoms with Gasteiger partial charge in [0.2, 0.25) is 0 Å². The van der Waals surface area contributed by atoms with E-state index in [0.717, 1.165) is 35.2 Å². The van der Waals surface area contributed by atoms with Crippen molar-refractivity contribution in [1.29, 1.82) is 0 Å². The van der Waals surface area contributed by atoms with E-state index in [-0.39, 0.29) is 23.5 Å². The van der Waals surface area contributed by atoms with Gasteiger partial charge in [0.15, 0.2) is 0 Å². The van der Waals surface area contributed by atoms with Crippen LogP contribution in [-0.4, -0.2) is 22.4 Å². The summed E-state index contributed by atoms with van der Waals surface area (Å²) in [6.45, 7) is 5.85. The van der Waals surface area contributed by atoms with E-state index in [1.807, 2.05) is 57.2 Å². The smallest absolute Gasteiger partial charge is 0.255 e. The highest BCUT2D eigenvalue weighted by molar-refractivity contribution is 6.13. The van der Waals surface area contributed by atoms with Crippen molar-refractivity contribution in [2.24, 2.45) is 10.9 Å². The van der Waals surface area contributed by atoms with Crippen LogP contribution in [0.4, 0.5) is 5.82 Å². The first kappa shape index (κ1) is 19.2. The minimum Gasteiger partial charge on any atom is -0.307 e. The van der Waals surface area contributed by atoms with E-state index >= 15 is 0 Å². The summed E-state index contributed by atoms with van der Waals surface area (Å²) < 4.78 is 0. The molecule has 1 amide bonds. The molecule has 1 aliphatic heterocycles. The molecular weight excluding hydrogens is 362 g/mol. The van der Waals surface area contributed by atoms with E-state index in [1.54, 1.807) is 6.20 Å². The molecule has 1 unspecified atom stereocenters. The highest BCUT2D eigenvalue weighted by Crippen LogP contribution is 2.43. The largest absolute Gasteiger partial charge is 0.307 e. The summed E-state index contributed by atoms with van der Waals surface area (Å²) in [6, 6.07) is 11.8. The Morgan fingerprint density at radius 2 is 1.76 bits per heavy atom. The fraction of sp³-hybridized carbons (Fsp3) is 0.333. The Bertz CT molecular complexity index is 1030. The van der Waals surface area contributed by atoms with Gasteiger partial charge in [0.05, 0.1) is 5.92 Å². The summed E-state index contributed by atoms with van der Waals surface area (Å²) in [7, 11) is 0. The van der Waals surface area contributed by atoms with Gasteiger partial charge in [0.25, 0.3) is 5.91 Å². The first-order valence-electron chi connectivity index (χ1n) is 10.1. The fourth-order valence-electron chi connectivity index (χ4n) is 4.34. The molecule has 1 saturated carbocycles. The number of nitrogens with one attached hydrogen (secondary N) is 1. The molecule has 0 radical (unpaired) electrons. The van der Waals surface area contributed by atoms with Gasteiger partial charge in [-0.25, -0.2) is 4.98 Å². The number of Topliss-reactive ketones (excluding diaryl/α,β-unsaturated/α-hetero) is 1. The van der Waals surface area contributed by atoms with Crippen LogP contribution in [-0.2, 0) is 9.59 Å². The number of aromatic nitrogens is 1. The monoisotopic (exact) mass is 387 g/mol. The lowest BCUT2D eigenvalue weighted by molar-refractivity contribution is -0.122. The van der Waals surface area contributed by atoms with Gasteiger partial charge in [0.1, 0.15) is 11.6 Å². The zero-order valence-electron chi connectivity index (χ0n) is 17.0. The number of fused-ring (bicyclic) bond motifs is 1. The van der Waals surface area contributed by atoms with E-state index in [4.69, 9.17) is 4.99 Å². The Morgan fingerprint density at radius 1 is 1.00 bits per heavy atom. The average molecular weight is 387 g/mol. The summed E-state index contributed by atoms with van der Waals surface area (Å²) in [5.41, 5.74) is 5.29. The minimum absolute atomic E-state index is 0.173. The molecule has 1 aromatic carbocycles. The van der Waals surface area contributed by atoms with Crippen LogP contribution in [0, 0.1) is 19.8 Å². The maximum absolute atomic E-state index is 13.3. The summed E-state index contributed by atoms with van der Waals surface area (Å²) in [5.74, 6) is -0.246. The van der Waals surface area contributed by atoms with Crippen molar-refractivity contribution in [2.75, 3.05) is 5.32 Å². The second-order valence-corrected chi connectivity index (χ2v) is 7.96. The van der Waals surface area contributed by atoms with Crippen LogP contribution in [0.2, 0.25) is 0 Å². The predicted molar refractivity (Wildman–Crippen MR) is 114 cm³/mol. The fourth-order valence-corrected chi connectivity index (χ4v) is 4.34. The molecule has 1 aromatic heterocycles. The highest BCUT2D eigenvalue weighted by atomic mass is 16.2. The molecule has 1 N–H and O–H groups in total. The third-order valence-corrected chi connectivity index (χ3v) is 5.75. The summed E-state index contributed by atoms with van der Waals surface area (Å²) in [6.07, 6.45) is 3.85. The van der Waals surface area contributed by atoms with Crippen molar-refractivity contribution in [3.8, 4) is 0 Å². The summed E-state index contributed by atoms with van der Waals surface area (Å²) in [4.78, 5) is 35.2. The van der Waals surface area contributed by atoms with Crippen LogP contribution in [0.3, 0.4) is 0 Å². The van der Waals surface area contributed by atoms with Crippen molar-refractivity contribution in [2.45, 2.75) is 46.0 Å². The number of anilines is 1. The van der Waals surface area contributed by atoms with Gasteiger partial charge >= 0.3 is 0 Å². The number of amides is 1. The number of aliphatic imine (C=N–C) groups is 1. The van der Waals surface area contributed by atoms with Crippen molar-refractivity contribution in [3.05, 3.63) is 70.6 Å². The lowest BCUT2D eigenvalue weighted by Crippen LogP contribution is -2.39. The molecule has 2 heterocycles. The second kappa shape index (κ2) is 7.74. The van der Waals surface area contributed by atoms with Crippen molar-refractivity contribution >= 4 is 23.2 Å². The third-order valence-electron chi connectivity index (χ3n) is 5.75. The average Bonchev–Trinajstić information content (AvgIpc) is 2.67. The molecule has 4 rings (SSSR count). The number of nitrogens with zero attached hydrogens (tertiary/aromatic N) is 2. The van der Waals surface area contributed by atoms with Gasteiger partial charge in [0, 0.05) is 35.5 Å². The highest BCUT2D eigenvalue weighted by Gasteiger charge is 2.43. The molecular formula is C24H25N3O2. The van der Waals surface area contributed by atoms with E-state index in [2.05, 4.69) is 10.3 Å². The number of carbonyl (C=O) groups excluding carboxylic acids is 2. The molecule has 29 heavy (non-hydrogen) atoms. The van der Waals surface area contributed by atoms with Crippen molar-refractivity contribution < 1.29 is 9.59 Å². The van der Waals surface area contributed by atoms with Crippen LogP contribution in [0.15, 0.2) is 58.9 Å². The van der Waals surface area contributed by atoms with Crippen LogP contribution in [0.25, 0.3) is 0 Å². The van der Waals surface area contributed by atoms with Gasteiger partial charge in [-0.1, -0.05) is 29.8 Å². The van der Waals surface area contributed by atoms with E-state index in [0.29, 0.717) is 23.5 Å². The molecule has 5 heteroatoms. The third kappa shape index (κ3) is 3.77. The maximum Gasteiger partial charge on any atom is 0.255 e. The topological polar surface area (TPSA) is 71.4 Å². The van der Waals surface area contributed by atoms with Gasteiger partial charge < -0.3 is 5.32 Å². The Balaban J connectivity index is 1.79. The Kier molecular flexibility index (Phi) is 5.14. The predicted octanol–water partition coefficient (Wildman–Crippen LogP) is 4.52. The first-order chi connectivity index (χ1) is 13.9. The number of hydrogen-bond acceptors (Lipinski definition) is 4. The van der Waals surface area contributed by atoms with E-state index < -0.39 is 0 Å². The molecule has 2 aliphatic rings. The van der Waals surface area contributed by atoms with E-state index in [9.17, 15) is 9.59 Å². The van der Waals surface area contributed by atoms with Crippen LogP contribution in [0.5, 0.6) is 0 Å². The number of allylic oxidation sites excluding steroid dienone is 1. The van der Waals surface area contributed by atoms with Crippen LogP contribution >= 0.6 is 0 Å². The quantitative estimate of drug-likeness (QED) is 0.842. The van der Waals surface area contributed by atoms with Crippen molar-refractivity contribution in [3.63, 3.8) is 0 Å². The van der Waals surface area contributed by atoms with Crippen molar-refractivity contribution in [1.82, 2.24) is 4.98 Å². The second-order valence-electron chi connectivity index (χ2n) is 7.96. The molecule has 0 saturated heterocycles. The van der Waals surface area contributed by atoms with Gasteiger partial charge in [-0.2, -0.15) is 0 Å². The van der Waals surface area contributed by atoms with Crippen LogP contribution < -0.4 is 5.32 Å². The number of aryl methyl sites for hydroxylation is 2. The number of hydrogen-bond donors (Lipinski definition) is 1. The van der Waals surface area contributed by atoms with E-state index in [1.165, 1.54) is 0 Å². The molecule has 5 nitrogen and oxygen atoms in total. The number of rotatable bonds is 3. The molecule has 0 bridgehead atoms. The molecule has 2 aromatic rings. The molecule has 148 valence electrons. The number of benzene rings is 1. The van der Waals surface area contributed by atoms with Gasteiger partial charge in [-0.05, 0) is 56.9 Å². The molecule has 1 aliphatic carbocycles. The molecule has 2 atom stereocenters.